The second-order valence-corrected chi connectivity index (χ2v) is 11.4. The Morgan fingerprint density at radius 2 is 1.61 bits per heavy atom. The fourth-order valence-corrected chi connectivity index (χ4v) is 6.50. The second-order valence-electron chi connectivity index (χ2n) is 10.4. The van der Waals surface area contributed by atoms with E-state index in [9.17, 15) is 14.0 Å². The summed E-state index contributed by atoms with van der Waals surface area (Å²) in [6, 6.07) is 27.0. The molecule has 0 radical (unpaired) electrons. The maximum absolute atomic E-state index is 13.9. The average molecular weight is 564 g/mol. The van der Waals surface area contributed by atoms with Crippen LogP contribution in [0.3, 0.4) is 0 Å². The van der Waals surface area contributed by atoms with Crippen LogP contribution >= 0.6 is 11.3 Å². The zero-order valence-corrected chi connectivity index (χ0v) is 23.7. The summed E-state index contributed by atoms with van der Waals surface area (Å²) in [5.74, 6) is 0.515. The Balaban J connectivity index is 1.07. The topological polar surface area (TPSA) is 53.5 Å². The van der Waals surface area contributed by atoms with Crippen molar-refractivity contribution in [3.05, 3.63) is 119 Å². The fourth-order valence-electron chi connectivity index (χ4n) is 5.37. The maximum atomic E-state index is 13.9. The van der Waals surface area contributed by atoms with Crippen LogP contribution in [0.15, 0.2) is 91.1 Å². The monoisotopic (exact) mass is 563 g/mol. The molecule has 206 valence electrons. The molecule has 0 bridgehead atoms. The van der Waals surface area contributed by atoms with E-state index in [1.54, 1.807) is 40.6 Å². The lowest BCUT2D eigenvalue weighted by molar-refractivity contribution is -0.130. The molecule has 1 amide bonds. The van der Waals surface area contributed by atoms with Gasteiger partial charge in [0.25, 0.3) is 0 Å². The number of thiophene rings is 1. The average Bonchev–Trinajstić information content (AvgIpc) is 3.35. The molecular formula is C34H30FN3O2S. The third-order valence-electron chi connectivity index (χ3n) is 7.73. The molecule has 6 rings (SSSR count). The molecule has 3 aromatic carbocycles. The first-order chi connectivity index (χ1) is 20.0. The molecule has 0 spiro atoms. The van der Waals surface area contributed by atoms with E-state index in [1.165, 1.54) is 6.07 Å². The Morgan fingerprint density at radius 1 is 0.854 bits per heavy atom. The summed E-state index contributed by atoms with van der Waals surface area (Å²) in [6.07, 6.45) is 2.14. The van der Waals surface area contributed by atoms with E-state index >= 15 is 0 Å². The number of ketones is 1. The summed E-state index contributed by atoms with van der Waals surface area (Å²) in [5.41, 5.74) is 4.64. The van der Waals surface area contributed by atoms with Gasteiger partial charge in [-0.05, 0) is 64.4 Å². The van der Waals surface area contributed by atoms with Gasteiger partial charge in [0.15, 0.2) is 5.78 Å². The lowest BCUT2D eigenvalue weighted by Crippen LogP contribution is -2.49. The summed E-state index contributed by atoms with van der Waals surface area (Å²) in [7, 11) is 0. The number of nitrogens with zero attached hydrogens (tertiary/aromatic N) is 3. The maximum Gasteiger partial charge on any atom is 0.227 e. The van der Waals surface area contributed by atoms with E-state index in [1.807, 2.05) is 37.3 Å². The Bertz CT molecular complexity index is 1710. The molecule has 41 heavy (non-hydrogen) atoms. The lowest BCUT2D eigenvalue weighted by atomic mass is 10.0. The van der Waals surface area contributed by atoms with Gasteiger partial charge in [-0.15, -0.1) is 11.3 Å². The number of aromatic nitrogens is 1. The van der Waals surface area contributed by atoms with Gasteiger partial charge in [-0.25, -0.2) is 9.37 Å². The highest BCUT2D eigenvalue weighted by Gasteiger charge is 2.23. The van der Waals surface area contributed by atoms with Crippen LogP contribution in [0.4, 0.5) is 10.2 Å². The van der Waals surface area contributed by atoms with Crippen LogP contribution in [0.5, 0.6) is 0 Å². The van der Waals surface area contributed by atoms with Crippen molar-refractivity contribution in [2.45, 2.75) is 19.8 Å². The van der Waals surface area contributed by atoms with Gasteiger partial charge < -0.3 is 9.80 Å². The predicted molar refractivity (Wildman–Crippen MR) is 163 cm³/mol. The molecule has 5 aromatic rings. The molecule has 0 atom stereocenters. The number of carbonyl (C=O) groups excluding carboxylic acids is 2. The Labute approximate surface area is 242 Å². The first kappa shape index (κ1) is 26.8. The number of halogens is 1. The minimum absolute atomic E-state index is 0.0654. The van der Waals surface area contributed by atoms with Crippen molar-refractivity contribution in [2.75, 3.05) is 31.1 Å². The van der Waals surface area contributed by atoms with Crippen LogP contribution in [0.25, 0.3) is 21.2 Å². The fraction of sp³-hybridized carbons (Fsp3) is 0.206. The Morgan fingerprint density at radius 3 is 2.34 bits per heavy atom. The third kappa shape index (κ3) is 5.77. The number of hydrogen-bond donors (Lipinski definition) is 0. The molecule has 0 unspecified atom stereocenters. The molecule has 0 aliphatic carbocycles. The van der Waals surface area contributed by atoms with Gasteiger partial charge in [-0.2, -0.15) is 0 Å². The SMILES string of the molecule is Cc1c(C(=O)Cc2ccc(N3CCN(C(=O)Cc4ccccc4F)CC3)nc2)sc2ccc(-c3ccccc3)cc12. The van der Waals surface area contributed by atoms with E-state index in [0.717, 1.165) is 43.0 Å². The van der Waals surface area contributed by atoms with Crippen LogP contribution in [0.2, 0.25) is 0 Å². The number of anilines is 1. The van der Waals surface area contributed by atoms with E-state index in [4.69, 9.17) is 0 Å². The number of carbonyl (C=O) groups is 2. The molecule has 0 saturated carbocycles. The zero-order chi connectivity index (χ0) is 28.3. The highest BCUT2D eigenvalue weighted by Crippen LogP contribution is 2.35. The van der Waals surface area contributed by atoms with E-state index < -0.39 is 0 Å². The molecule has 1 aliphatic heterocycles. The van der Waals surface area contributed by atoms with Crippen molar-refractivity contribution in [2.24, 2.45) is 0 Å². The Kier molecular flexibility index (Phi) is 7.61. The summed E-state index contributed by atoms with van der Waals surface area (Å²) >= 11 is 1.55. The number of hydrogen-bond acceptors (Lipinski definition) is 5. The van der Waals surface area contributed by atoms with E-state index in [0.29, 0.717) is 38.2 Å². The van der Waals surface area contributed by atoms with Crippen LogP contribution < -0.4 is 4.90 Å². The normalized spacial score (nSPS) is 13.5. The van der Waals surface area contributed by atoms with Gasteiger partial charge in [0.1, 0.15) is 11.6 Å². The van der Waals surface area contributed by atoms with Crippen molar-refractivity contribution in [1.82, 2.24) is 9.88 Å². The molecule has 0 N–H and O–H groups in total. The quantitative estimate of drug-likeness (QED) is 0.206. The highest BCUT2D eigenvalue weighted by atomic mass is 32.1. The van der Waals surface area contributed by atoms with Crippen molar-refractivity contribution in [3.8, 4) is 11.1 Å². The number of fused-ring (bicyclic) bond motifs is 1. The first-order valence-corrected chi connectivity index (χ1v) is 14.6. The number of aryl methyl sites for hydroxylation is 1. The minimum Gasteiger partial charge on any atom is -0.353 e. The summed E-state index contributed by atoms with van der Waals surface area (Å²) in [5, 5.41) is 1.12. The van der Waals surface area contributed by atoms with Crippen LogP contribution in [-0.4, -0.2) is 47.8 Å². The molecule has 5 nitrogen and oxygen atoms in total. The molecule has 2 aromatic heterocycles. The minimum atomic E-state index is -0.345. The van der Waals surface area contributed by atoms with Crippen molar-refractivity contribution < 1.29 is 14.0 Å². The number of piperazine rings is 1. The van der Waals surface area contributed by atoms with Gasteiger partial charge in [0.2, 0.25) is 5.91 Å². The van der Waals surface area contributed by atoms with Gasteiger partial charge >= 0.3 is 0 Å². The molecule has 1 aliphatic rings. The van der Waals surface area contributed by atoms with Gasteiger partial charge in [0, 0.05) is 43.5 Å². The van der Waals surface area contributed by atoms with E-state index in [-0.39, 0.29) is 23.9 Å². The highest BCUT2D eigenvalue weighted by molar-refractivity contribution is 7.21. The third-order valence-corrected chi connectivity index (χ3v) is 9.04. The zero-order valence-electron chi connectivity index (χ0n) is 22.8. The Hall–Kier alpha value is -4.36. The smallest absolute Gasteiger partial charge is 0.227 e. The van der Waals surface area contributed by atoms with Crippen LogP contribution in [0.1, 0.15) is 26.4 Å². The summed E-state index contributed by atoms with van der Waals surface area (Å²) < 4.78 is 15.1. The predicted octanol–water partition coefficient (Wildman–Crippen LogP) is 6.73. The molecular weight excluding hydrogens is 533 g/mol. The van der Waals surface area contributed by atoms with Gasteiger partial charge in [-0.3, -0.25) is 9.59 Å². The number of pyridine rings is 1. The molecule has 1 fully saturated rings. The van der Waals surface area contributed by atoms with Crippen molar-refractivity contribution >= 4 is 38.9 Å². The number of Topliss-reactive ketones (excluding diaryl/α,β-unsaturated/α-hetero) is 1. The van der Waals surface area contributed by atoms with Crippen molar-refractivity contribution in [1.29, 1.82) is 0 Å². The van der Waals surface area contributed by atoms with Crippen LogP contribution in [-0.2, 0) is 17.6 Å². The molecule has 7 heteroatoms. The first-order valence-electron chi connectivity index (χ1n) is 13.8. The summed E-state index contributed by atoms with van der Waals surface area (Å²) in [6.45, 7) is 4.46. The van der Waals surface area contributed by atoms with Gasteiger partial charge in [-0.1, -0.05) is 60.7 Å². The number of amides is 1. The molecule has 1 saturated heterocycles. The van der Waals surface area contributed by atoms with Gasteiger partial charge in [0.05, 0.1) is 11.3 Å². The van der Waals surface area contributed by atoms with Crippen molar-refractivity contribution in [3.63, 3.8) is 0 Å². The largest absolute Gasteiger partial charge is 0.353 e. The number of benzene rings is 3. The van der Waals surface area contributed by atoms with Crippen LogP contribution in [0, 0.1) is 12.7 Å². The lowest BCUT2D eigenvalue weighted by Gasteiger charge is -2.35. The second kappa shape index (κ2) is 11.6. The standard InChI is InChI=1S/C34H30FN3O2S/c1-23-28-20-26(25-7-3-2-4-8-25)12-13-31(28)41-34(23)30(39)19-24-11-14-32(36-22-24)37-15-17-38(18-16-37)33(40)21-27-9-5-6-10-29(27)35/h2-14,20,22H,15-19,21H2,1H3. The van der Waals surface area contributed by atoms with E-state index in [2.05, 4.69) is 40.2 Å². The molecule has 3 heterocycles. The summed E-state index contributed by atoms with van der Waals surface area (Å²) in [4.78, 5) is 35.3. The number of rotatable bonds is 7.